The number of sulfonamides is 1. The zero-order valence-electron chi connectivity index (χ0n) is 13.2. The molecule has 1 aromatic heterocycles. The Bertz CT molecular complexity index is 846. The Hall–Kier alpha value is -0.700. The van der Waals surface area contributed by atoms with Gasteiger partial charge in [-0.1, -0.05) is 11.6 Å². The molecule has 130 valence electrons. The minimum Gasteiger partial charge on any atom is -0.314 e. The highest BCUT2D eigenvalue weighted by molar-refractivity contribution is 7.91. The van der Waals surface area contributed by atoms with E-state index in [4.69, 9.17) is 11.6 Å². The summed E-state index contributed by atoms with van der Waals surface area (Å²) in [6, 6.07) is 7.59. The van der Waals surface area contributed by atoms with Crippen molar-refractivity contribution in [1.29, 1.82) is 0 Å². The van der Waals surface area contributed by atoms with Crippen LogP contribution in [0.3, 0.4) is 0 Å². The number of fused-ring (bicyclic) bond motifs is 1. The van der Waals surface area contributed by atoms with E-state index >= 15 is 0 Å². The quantitative estimate of drug-likeness (QED) is 0.880. The molecule has 1 unspecified atom stereocenters. The van der Waals surface area contributed by atoms with Gasteiger partial charge in [0.1, 0.15) is 4.21 Å². The second-order valence-corrected chi connectivity index (χ2v) is 10.0. The van der Waals surface area contributed by atoms with Crippen molar-refractivity contribution in [3.05, 3.63) is 29.3 Å². The molecule has 2 fully saturated rings. The Morgan fingerprint density at radius 2 is 1.96 bits per heavy atom. The minimum atomic E-state index is -3.42. The number of piperazine rings is 1. The van der Waals surface area contributed by atoms with Gasteiger partial charge >= 0.3 is 0 Å². The Labute approximate surface area is 151 Å². The van der Waals surface area contributed by atoms with Gasteiger partial charge in [0.15, 0.2) is 0 Å². The molecule has 5 nitrogen and oxygen atoms in total. The molecule has 0 bridgehead atoms. The summed E-state index contributed by atoms with van der Waals surface area (Å²) >= 11 is 7.33. The van der Waals surface area contributed by atoms with E-state index in [1.165, 1.54) is 11.3 Å². The molecule has 0 spiro atoms. The van der Waals surface area contributed by atoms with Gasteiger partial charge in [0.2, 0.25) is 0 Å². The molecule has 2 aromatic rings. The van der Waals surface area contributed by atoms with E-state index in [1.54, 1.807) is 16.4 Å². The Morgan fingerprint density at radius 1 is 1.17 bits per heavy atom. The summed E-state index contributed by atoms with van der Waals surface area (Å²) in [6.07, 6.45) is 0.913. The number of hydrogen-bond acceptors (Lipinski definition) is 5. The normalized spacial score (nSPS) is 24.0. The number of nitrogens with zero attached hydrogens (tertiary/aromatic N) is 2. The van der Waals surface area contributed by atoms with Crippen LogP contribution in [0.2, 0.25) is 5.02 Å². The van der Waals surface area contributed by atoms with Crippen molar-refractivity contribution in [2.75, 3.05) is 39.3 Å². The lowest BCUT2D eigenvalue weighted by atomic mass is 10.2. The second kappa shape index (κ2) is 6.55. The summed E-state index contributed by atoms with van der Waals surface area (Å²) in [6.45, 7) is 5.17. The summed E-state index contributed by atoms with van der Waals surface area (Å²) in [5, 5.41) is 4.86. The third kappa shape index (κ3) is 3.09. The molecule has 2 aliphatic heterocycles. The van der Waals surface area contributed by atoms with Crippen molar-refractivity contribution in [1.82, 2.24) is 14.5 Å². The number of nitrogens with one attached hydrogen (secondary N) is 1. The standard InChI is InChI=1S/C16H20ClN3O2S2/c17-13-1-2-15-12(9-13)10-16(23-15)24(21,22)20-6-3-14(11-20)19-7-4-18-5-8-19/h1-2,9-10,14,18H,3-8,11H2. The van der Waals surface area contributed by atoms with Crippen LogP contribution in [0.5, 0.6) is 0 Å². The highest BCUT2D eigenvalue weighted by atomic mass is 35.5. The third-order valence-corrected chi connectivity index (χ3v) is 8.51. The van der Waals surface area contributed by atoms with E-state index in [0.717, 1.165) is 42.7 Å². The molecule has 4 rings (SSSR count). The van der Waals surface area contributed by atoms with Crippen molar-refractivity contribution in [3.8, 4) is 0 Å². The smallest absolute Gasteiger partial charge is 0.252 e. The van der Waals surface area contributed by atoms with Crippen molar-refractivity contribution < 1.29 is 8.42 Å². The van der Waals surface area contributed by atoms with Gasteiger partial charge in [-0.15, -0.1) is 11.3 Å². The number of hydrogen-bond donors (Lipinski definition) is 1. The van der Waals surface area contributed by atoms with Gasteiger partial charge in [-0.3, -0.25) is 4.90 Å². The lowest BCUT2D eigenvalue weighted by molar-refractivity contribution is 0.179. The van der Waals surface area contributed by atoms with Gasteiger partial charge < -0.3 is 5.32 Å². The van der Waals surface area contributed by atoms with Crippen LogP contribution in [-0.2, 0) is 10.0 Å². The summed E-state index contributed by atoms with van der Waals surface area (Å²) in [5.41, 5.74) is 0. The summed E-state index contributed by atoms with van der Waals surface area (Å²) in [7, 11) is -3.42. The summed E-state index contributed by atoms with van der Waals surface area (Å²) in [4.78, 5) is 2.41. The Morgan fingerprint density at radius 3 is 2.75 bits per heavy atom. The molecule has 0 amide bonds. The molecule has 1 N–H and O–H groups in total. The molecular formula is C16H20ClN3O2S2. The van der Waals surface area contributed by atoms with Crippen LogP contribution < -0.4 is 5.32 Å². The maximum Gasteiger partial charge on any atom is 0.252 e. The van der Waals surface area contributed by atoms with Crippen molar-refractivity contribution in [2.24, 2.45) is 0 Å². The fourth-order valence-electron chi connectivity index (χ4n) is 3.52. The van der Waals surface area contributed by atoms with Crippen LogP contribution in [-0.4, -0.2) is 62.9 Å². The number of benzene rings is 1. The first kappa shape index (κ1) is 16.8. The molecule has 2 aliphatic rings. The fraction of sp³-hybridized carbons (Fsp3) is 0.500. The lowest BCUT2D eigenvalue weighted by Crippen LogP contribution is -2.49. The molecule has 0 radical (unpaired) electrons. The van der Waals surface area contributed by atoms with Crippen LogP contribution in [0.1, 0.15) is 6.42 Å². The summed E-state index contributed by atoms with van der Waals surface area (Å²) in [5.74, 6) is 0. The molecule has 0 aliphatic carbocycles. The van der Waals surface area contributed by atoms with Crippen LogP contribution in [0.4, 0.5) is 0 Å². The molecule has 2 saturated heterocycles. The van der Waals surface area contributed by atoms with E-state index in [9.17, 15) is 8.42 Å². The monoisotopic (exact) mass is 385 g/mol. The van der Waals surface area contributed by atoms with Crippen molar-refractivity contribution in [3.63, 3.8) is 0 Å². The maximum absolute atomic E-state index is 13.0. The van der Waals surface area contributed by atoms with Gasteiger partial charge in [0.05, 0.1) is 0 Å². The highest BCUT2D eigenvalue weighted by Crippen LogP contribution is 2.34. The molecule has 24 heavy (non-hydrogen) atoms. The predicted molar refractivity (Wildman–Crippen MR) is 98.4 cm³/mol. The molecule has 1 aromatic carbocycles. The first-order valence-corrected chi connectivity index (χ1v) is 10.8. The van der Waals surface area contributed by atoms with E-state index in [2.05, 4.69) is 10.2 Å². The lowest BCUT2D eigenvalue weighted by Gasteiger charge is -2.32. The third-order valence-electron chi connectivity index (χ3n) is 4.84. The van der Waals surface area contributed by atoms with Gasteiger partial charge in [0, 0.05) is 55.0 Å². The van der Waals surface area contributed by atoms with E-state index in [0.29, 0.717) is 28.4 Å². The van der Waals surface area contributed by atoms with Gasteiger partial charge in [-0.05, 0) is 36.1 Å². The first-order chi connectivity index (χ1) is 11.5. The largest absolute Gasteiger partial charge is 0.314 e. The number of rotatable bonds is 3. The first-order valence-electron chi connectivity index (χ1n) is 8.18. The Kier molecular flexibility index (Phi) is 4.57. The van der Waals surface area contributed by atoms with Crippen molar-refractivity contribution in [2.45, 2.75) is 16.7 Å². The van der Waals surface area contributed by atoms with Crippen LogP contribution in [0.15, 0.2) is 28.5 Å². The SMILES string of the molecule is O=S(=O)(c1cc2cc(Cl)ccc2s1)N1CCC(N2CCNCC2)C1. The van der Waals surface area contributed by atoms with Gasteiger partial charge in [0.25, 0.3) is 10.0 Å². The van der Waals surface area contributed by atoms with Gasteiger partial charge in [-0.2, -0.15) is 4.31 Å². The van der Waals surface area contributed by atoms with E-state index in [1.807, 2.05) is 12.1 Å². The average molecular weight is 386 g/mol. The second-order valence-electron chi connectivity index (χ2n) is 6.34. The van der Waals surface area contributed by atoms with E-state index in [-0.39, 0.29) is 0 Å². The minimum absolute atomic E-state index is 0.339. The van der Waals surface area contributed by atoms with Crippen LogP contribution >= 0.6 is 22.9 Å². The predicted octanol–water partition coefficient (Wildman–Crippen LogP) is 2.22. The Balaban J connectivity index is 1.55. The van der Waals surface area contributed by atoms with Crippen LogP contribution in [0, 0.1) is 0 Å². The zero-order valence-corrected chi connectivity index (χ0v) is 15.6. The fourth-order valence-corrected chi connectivity index (χ4v) is 6.72. The highest BCUT2D eigenvalue weighted by Gasteiger charge is 2.36. The average Bonchev–Trinajstić information content (AvgIpc) is 3.23. The number of halogens is 1. The van der Waals surface area contributed by atoms with Crippen LogP contribution in [0.25, 0.3) is 10.1 Å². The van der Waals surface area contributed by atoms with Crippen molar-refractivity contribution >= 4 is 43.0 Å². The zero-order chi connectivity index (χ0) is 16.7. The molecule has 8 heteroatoms. The molecule has 0 saturated carbocycles. The maximum atomic E-state index is 13.0. The van der Waals surface area contributed by atoms with Gasteiger partial charge in [-0.25, -0.2) is 8.42 Å². The van der Waals surface area contributed by atoms with E-state index < -0.39 is 10.0 Å². The topological polar surface area (TPSA) is 52.7 Å². The molecule has 1 atom stereocenters. The summed E-state index contributed by atoms with van der Waals surface area (Å²) < 4.78 is 29.0. The number of thiophene rings is 1. The molecule has 3 heterocycles. The molecular weight excluding hydrogens is 366 g/mol.